The number of nitrogens with zero attached hydrogens (tertiary/aromatic N) is 3. The van der Waals surface area contributed by atoms with Gasteiger partial charge in [-0.1, -0.05) is 31.8 Å². The topological polar surface area (TPSA) is 60.8 Å². The number of hydrogen-bond donors (Lipinski definition) is 1. The summed E-state index contributed by atoms with van der Waals surface area (Å²) in [4.78, 5) is 2.89. The van der Waals surface area contributed by atoms with Gasteiger partial charge in [0.2, 0.25) is 0 Å². The highest BCUT2D eigenvalue weighted by atomic mass is 15.2. The first-order valence-electron chi connectivity index (χ1n) is 5.01. The van der Waals surface area contributed by atoms with Crippen LogP contribution in [0.3, 0.4) is 0 Å². The lowest BCUT2D eigenvalue weighted by molar-refractivity contribution is 0.416. The summed E-state index contributed by atoms with van der Waals surface area (Å²) in [5, 5.41) is 7.00. The summed E-state index contributed by atoms with van der Waals surface area (Å²) in [6.07, 6.45) is 4.27. The summed E-state index contributed by atoms with van der Waals surface area (Å²) in [6, 6.07) is 0.433. The van der Waals surface area contributed by atoms with Gasteiger partial charge in [-0.25, -0.2) is 0 Å². The maximum Gasteiger partial charge on any atom is 0.0527 e. The van der Waals surface area contributed by atoms with E-state index in [9.17, 15) is 0 Å². The Hall–Kier alpha value is -0.730. The summed E-state index contributed by atoms with van der Waals surface area (Å²) in [6.45, 7) is 4.25. The Morgan fingerprint density at radius 3 is 2.54 bits per heavy atom. The number of likely N-dealkylation sites (N-methyl/N-ethyl adjacent to an activating group) is 1. The first-order chi connectivity index (χ1) is 6.29. The van der Waals surface area contributed by atoms with Crippen LogP contribution >= 0.6 is 0 Å². The number of nitrogens with one attached hydrogen (secondary N) is 1. The van der Waals surface area contributed by atoms with Crippen molar-refractivity contribution in [3.63, 3.8) is 0 Å². The fraction of sp³-hybridized carbons (Fsp3) is 1.00. The van der Waals surface area contributed by atoms with E-state index in [1.165, 1.54) is 0 Å². The standard InChI is InChI=1S/C9H20N4/c1-4-6-7-9(12-13-10)8(5-2)11-3/h8-9,11H,4-7H2,1-3H3. The monoisotopic (exact) mass is 184 g/mol. The maximum atomic E-state index is 8.41. The van der Waals surface area contributed by atoms with Crippen molar-refractivity contribution in [3.05, 3.63) is 10.4 Å². The molecule has 0 rings (SSSR count). The second-order valence-corrected chi connectivity index (χ2v) is 3.22. The van der Waals surface area contributed by atoms with Crippen LogP contribution in [0.25, 0.3) is 10.4 Å². The summed E-state index contributed by atoms with van der Waals surface area (Å²) < 4.78 is 0. The Labute approximate surface area is 80.3 Å². The molecule has 0 bridgehead atoms. The van der Waals surface area contributed by atoms with Gasteiger partial charge in [0.05, 0.1) is 6.04 Å². The molecule has 0 saturated heterocycles. The van der Waals surface area contributed by atoms with E-state index >= 15 is 0 Å². The van der Waals surface area contributed by atoms with Crippen LogP contribution in [0, 0.1) is 0 Å². The van der Waals surface area contributed by atoms with E-state index in [4.69, 9.17) is 5.53 Å². The fourth-order valence-corrected chi connectivity index (χ4v) is 1.49. The van der Waals surface area contributed by atoms with Crippen LogP contribution < -0.4 is 5.32 Å². The molecule has 0 amide bonds. The summed E-state index contributed by atoms with van der Waals surface area (Å²) in [5.41, 5.74) is 8.41. The molecule has 0 aromatic carbocycles. The molecular formula is C9H20N4. The number of azide groups is 1. The van der Waals surface area contributed by atoms with Crippen LogP contribution in [0.2, 0.25) is 0 Å². The molecule has 0 aromatic rings. The van der Waals surface area contributed by atoms with Crippen molar-refractivity contribution in [2.24, 2.45) is 5.11 Å². The maximum absolute atomic E-state index is 8.41. The summed E-state index contributed by atoms with van der Waals surface area (Å²) >= 11 is 0. The average molecular weight is 184 g/mol. The predicted molar refractivity (Wildman–Crippen MR) is 55.6 cm³/mol. The van der Waals surface area contributed by atoms with Gasteiger partial charge in [0.15, 0.2) is 0 Å². The van der Waals surface area contributed by atoms with E-state index in [0.717, 1.165) is 25.7 Å². The molecule has 0 heterocycles. The van der Waals surface area contributed by atoms with Crippen molar-refractivity contribution >= 4 is 0 Å². The molecule has 0 aromatic heterocycles. The number of rotatable bonds is 7. The van der Waals surface area contributed by atoms with E-state index in [-0.39, 0.29) is 6.04 Å². The summed E-state index contributed by atoms with van der Waals surface area (Å²) in [5.74, 6) is 0. The Bertz CT molecular complexity index is 159. The van der Waals surface area contributed by atoms with Crippen molar-refractivity contribution in [3.8, 4) is 0 Å². The van der Waals surface area contributed by atoms with Crippen molar-refractivity contribution in [1.29, 1.82) is 0 Å². The Morgan fingerprint density at radius 1 is 1.46 bits per heavy atom. The smallest absolute Gasteiger partial charge is 0.0527 e. The third kappa shape index (κ3) is 4.76. The lowest BCUT2D eigenvalue weighted by atomic mass is 10.0. The molecular weight excluding hydrogens is 164 g/mol. The zero-order valence-electron chi connectivity index (χ0n) is 8.82. The van der Waals surface area contributed by atoms with Crippen LogP contribution in [0.4, 0.5) is 0 Å². The highest BCUT2D eigenvalue weighted by molar-refractivity contribution is 4.80. The van der Waals surface area contributed by atoms with Crippen molar-refractivity contribution < 1.29 is 0 Å². The van der Waals surface area contributed by atoms with Crippen molar-refractivity contribution in [1.82, 2.24) is 5.32 Å². The van der Waals surface area contributed by atoms with Crippen LogP contribution in [-0.2, 0) is 0 Å². The van der Waals surface area contributed by atoms with Gasteiger partial charge in [-0.2, -0.15) is 0 Å². The van der Waals surface area contributed by atoms with Crippen molar-refractivity contribution in [2.45, 2.75) is 51.6 Å². The molecule has 0 aliphatic heterocycles. The molecule has 1 N–H and O–H groups in total. The van der Waals surface area contributed by atoms with Gasteiger partial charge < -0.3 is 5.32 Å². The quantitative estimate of drug-likeness (QED) is 0.369. The Balaban J connectivity index is 4.11. The van der Waals surface area contributed by atoms with Gasteiger partial charge in [-0.15, -0.1) is 0 Å². The van der Waals surface area contributed by atoms with Crippen LogP contribution in [0.1, 0.15) is 39.5 Å². The first-order valence-corrected chi connectivity index (χ1v) is 5.01. The van der Waals surface area contributed by atoms with Crippen LogP contribution in [0.15, 0.2) is 5.11 Å². The van der Waals surface area contributed by atoms with Crippen molar-refractivity contribution in [2.75, 3.05) is 7.05 Å². The van der Waals surface area contributed by atoms with Gasteiger partial charge in [0, 0.05) is 11.0 Å². The normalized spacial score (nSPS) is 14.7. The molecule has 2 atom stereocenters. The second kappa shape index (κ2) is 7.90. The molecule has 0 fully saturated rings. The van der Waals surface area contributed by atoms with E-state index in [2.05, 4.69) is 29.2 Å². The Morgan fingerprint density at radius 2 is 2.15 bits per heavy atom. The average Bonchev–Trinajstić information content (AvgIpc) is 2.16. The van der Waals surface area contributed by atoms with Crippen LogP contribution in [0.5, 0.6) is 0 Å². The van der Waals surface area contributed by atoms with E-state index in [1.807, 2.05) is 7.05 Å². The molecule has 13 heavy (non-hydrogen) atoms. The molecule has 0 aliphatic carbocycles. The fourth-order valence-electron chi connectivity index (χ4n) is 1.49. The van der Waals surface area contributed by atoms with Gasteiger partial charge in [-0.3, -0.25) is 0 Å². The van der Waals surface area contributed by atoms with Gasteiger partial charge in [-0.05, 0) is 25.4 Å². The largest absolute Gasteiger partial charge is 0.317 e. The molecule has 0 aliphatic rings. The lowest BCUT2D eigenvalue weighted by Crippen LogP contribution is -2.35. The lowest BCUT2D eigenvalue weighted by Gasteiger charge is -2.21. The predicted octanol–water partition coefficient (Wildman–Crippen LogP) is 2.85. The zero-order valence-corrected chi connectivity index (χ0v) is 8.82. The summed E-state index contributed by atoms with van der Waals surface area (Å²) in [7, 11) is 1.92. The highest BCUT2D eigenvalue weighted by Crippen LogP contribution is 2.11. The molecule has 0 spiro atoms. The second-order valence-electron chi connectivity index (χ2n) is 3.22. The highest BCUT2D eigenvalue weighted by Gasteiger charge is 2.15. The number of unbranched alkanes of at least 4 members (excludes halogenated alkanes) is 1. The SMILES string of the molecule is CCCCC(N=[N+]=[N-])C(CC)NC. The van der Waals surface area contributed by atoms with Gasteiger partial charge in [0.25, 0.3) is 0 Å². The Kier molecular flexibility index (Phi) is 7.45. The minimum atomic E-state index is 0.111. The minimum Gasteiger partial charge on any atom is -0.317 e. The molecule has 0 saturated carbocycles. The minimum absolute atomic E-state index is 0.111. The molecule has 0 radical (unpaired) electrons. The first kappa shape index (κ1) is 12.3. The van der Waals surface area contributed by atoms with E-state index in [0.29, 0.717) is 6.04 Å². The third-order valence-corrected chi connectivity index (χ3v) is 2.33. The van der Waals surface area contributed by atoms with E-state index in [1.54, 1.807) is 0 Å². The molecule has 4 heteroatoms. The van der Waals surface area contributed by atoms with E-state index < -0.39 is 0 Å². The van der Waals surface area contributed by atoms with Gasteiger partial charge >= 0.3 is 0 Å². The third-order valence-electron chi connectivity index (χ3n) is 2.33. The van der Waals surface area contributed by atoms with Gasteiger partial charge in [0.1, 0.15) is 0 Å². The molecule has 76 valence electrons. The van der Waals surface area contributed by atoms with Crippen LogP contribution in [-0.4, -0.2) is 19.1 Å². The molecule has 2 unspecified atom stereocenters. The molecule has 4 nitrogen and oxygen atoms in total. The zero-order chi connectivity index (χ0) is 10.1. The number of hydrogen-bond acceptors (Lipinski definition) is 2.